The molecule has 0 aliphatic rings. The van der Waals surface area contributed by atoms with Crippen LogP contribution < -0.4 is 0 Å². The monoisotopic (exact) mass is 308 g/mol. The highest BCUT2D eigenvalue weighted by molar-refractivity contribution is 6.30. The Labute approximate surface area is 129 Å². The normalized spacial score (nSPS) is 9.76. The summed E-state index contributed by atoms with van der Waals surface area (Å²) in [5.74, 6) is -0.615. The van der Waals surface area contributed by atoms with Gasteiger partial charge >= 0.3 is 5.97 Å². The Balaban J connectivity index is 2.74. The van der Waals surface area contributed by atoms with Crippen molar-refractivity contribution in [2.45, 2.75) is 19.8 Å². The van der Waals surface area contributed by atoms with Crippen LogP contribution in [0, 0.1) is 11.3 Å². The standard InChI is InChI=1S/C15H17ClN2O3/c1-2-21-14(19)7-10-18(9-4-8-17)15(20)12-5-3-6-13(16)11-12/h3,5-6,11H,2,4,7,9-10H2,1H3. The molecule has 112 valence electrons. The Kier molecular flexibility index (Phi) is 7.27. The van der Waals surface area contributed by atoms with Gasteiger partial charge in [-0.25, -0.2) is 0 Å². The number of carbonyl (C=O) groups excluding carboxylic acids is 2. The van der Waals surface area contributed by atoms with Crippen molar-refractivity contribution in [1.29, 1.82) is 5.26 Å². The highest BCUT2D eigenvalue weighted by Gasteiger charge is 2.17. The summed E-state index contributed by atoms with van der Waals surface area (Å²) in [5, 5.41) is 9.14. The zero-order valence-corrected chi connectivity index (χ0v) is 12.6. The van der Waals surface area contributed by atoms with Crippen molar-refractivity contribution in [3.63, 3.8) is 0 Å². The van der Waals surface area contributed by atoms with E-state index in [1.807, 2.05) is 6.07 Å². The largest absolute Gasteiger partial charge is 0.466 e. The van der Waals surface area contributed by atoms with Crippen LogP contribution in [0.15, 0.2) is 24.3 Å². The lowest BCUT2D eigenvalue weighted by Crippen LogP contribution is -2.34. The number of halogens is 1. The molecule has 1 amide bonds. The van der Waals surface area contributed by atoms with E-state index in [4.69, 9.17) is 21.6 Å². The van der Waals surface area contributed by atoms with E-state index in [0.29, 0.717) is 17.2 Å². The second-order valence-corrected chi connectivity index (χ2v) is 4.70. The first-order valence-corrected chi connectivity index (χ1v) is 7.03. The molecule has 0 fully saturated rings. The highest BCUT2D eigenvalue weighted by Crippen LogP contribution is 2.13. The van der Waals surface area contributed by atoms with Crippen LogP contribution in [0.5, 0.6) is 0 Å². The fourth-order valence-corrected chi connectivity index (χ4v) is 1.95. The quantitative estimate of drug-likeness (QED) is 0.726. The smallest absolute Gasteiger partial charge is 0.307 e. The maximum Gasteiger partial charge on any atom is 0.307 e. The second kappa shape index (κ2) is 8.98. The first-order chi connectivity index (χ1) is 10.1. The van der Waals surface area contributed by atoms with Crippen molar-refractivity contribution in [3.05, 3.63) is 34.9 Å². The van der Waals surface area contributed by atoms with Crippen molar-refractivity contribution in [1.82, 2.24) is 4.90 Å². The summed E-state index contributed by atoms with van der Waals surface area (Å²) in [4.78, 5) is 25.2. The third kappa shape index (κ3) is 5.84. The van der Waals surface area contributed by atoms with Crippen LogP contribution in [0.2, 0.25) is 5.02 Å². The summed E-state index contributed by atoms with van der Waals surface area (Å²) in [6, 6.07) is 8.57. The van der Waals surface area contributed by atoms with E-state index < -0.39 is 0 Å². The summed E-state index contributed by atoms with van der Waals surface area (Å²) < 4.78 is 4.84. The molecule has 0 atom stereocenters. The van der Waals surface area contributed by atoms with Gasteiger partial charge in [0.15, 0.2) is 0 Å². The topological polar surface area (TPSA) is 70.4 Å². The van der Waals surface area contributed by atoms with Gasteiger partial charge in [0.25, 0.3) is 5.91 Å². The van der Waals surface area contributed by atoms with Crippen LogP contribution in [0.3, 0.4) is 0 Å². The maximum atomic E-state index is 12.4. The summed E-state index contributed by atoms with van der Waals surface area (Å²) in [6.07, 6.45) is 0.306. The van der Waals surface area contributed by atoms with Gasteiger partial charge in [-0.2, -0.15) is 5.26 Å². The molecule has 0 saturated carbocycles. The number of ether oxygens (including phenoxy) is 1. The number of benzene rings is 1. The molecular weight excluding hydrogens is 292 g/mol. The van der Waals surface area contributed by atoms with E-state index in [1.54, 1.807) is 31.2 Å². The lowest BCUT2D eigenvalue weighted by molar-refractivity contribution is -0.143. The molecular formula is C15H17ClN2O3. The molecule has 0 N–H and O–H groups in total. The van der Waals surface area contributed by atoms with Gasteiger partial charge in [-0.3, -0.25) is 9.59 Å². The van der Waals surface area contributed by atoms with Crippen molar-refractivity contribution in [2.75, 3.05) is 19.7 Å². The Bertz CT molecular complexity index is 540. The average Bonchev–Trinajstić information content (AvgIpc) is 2.47. The maximum absolute atomic E-state index is 12.4. The summed E-state index contributed by atoms with van der Waals surface area (Å²) in [7, 11) is 0. The van der Waals surface area contributed by atoms with E-state index in [1.165, 1.54) is 4.90 Å². The fraction of sp³-hybridized carbons (Fsp3) is 0.400. The number of carbonyl (C=O) groups is 2. The van der Waals surface area contributed by atoms with Crippen molar-refractivity contribution < 1.29 is 14.3 Å². The highest BCUT2D eigenvalue weighted by atomic mass is 35.5. The van der Waals surface area contributed by atoms with Crippen molar-refractivity contribution in [2.24, 2.45) is 0 Å². The molecule has 0 aliphatic heterocycles. The van der Waals surface area contributed by atoms with Gasteiger partial charge in [0.05, 0.1) is 25.5 Å². The van der Waals surface area contributed by atoms with E-state index in [0.717, 1.165) is 0 Å². The molecule has 0 heterocycles. The minimum atomic E-state index is -0.363. The van der Waals surface area contributed by atoms with Crippen LogP contribution in [0.1, 0.15) is 30.1 Å². The zero-order valence-electron chi connectivity index (χ0n) is 11.8. The molecule has 1 aromatic rings. The molecule has 0 aliphatic carbocycles. The van der Waals surface area contributed by atoms with Crippen LogP contribution in [-0.2, 0) is 9.53 Å². The van der Waals surface area contributed by atoms with Gasteiger partial charge in [0.1, 0.15) is 0 Å². The number of esters is 1. The van der Waals surface area contributed by atoms with E-state index in [9.17, 15) is 9.59 Å². The molecule has 0 spiro atoms. The van der Waals surface area contributed by atoms with E-state index >= 15 is 0 Å². The molecule has 5 nitrogen and oxygen atoms in total. The molecule has 0 saturated heterocycles. The van der Waals surface area contributed by atoms with Crippen molar-refractivity contribution in [3.8, 4) is 6.07 Å². The summed E-state index contributed by atoms with van der Waals surface area (Å²) in [5.41, 5.74) is 0.435. The number of nitrogens with zero attached hydrogens (tertiary/aromatic N) is 2. The van der Waals surface area contributed by atoms with E-state index in [2.05, 4.69) is 0 Å². The van der Waals surface area contributed by atoms with Gasteiger partial charge in [-0.05, 0) is 25.1 Å². The fourth-order valence-electron chi connectivity index (χ4n) is 1.76. The number of nitriles is 1. The first kappa shape index (κ1) is 17.0. The molecule has 1 rings (SSSR count). The first-order valence-electron chi connectivity index (χ1n) is 6.66. The molecule has 1 aromatic carbocycles. The Morgan fingerprint density at radius 1 is 1.38 bits per heavy atom. The molecule has 0 bridgehead atoms. The van der Waals surface area contributed by atoms with Gasteiger partial charge in [0.2, 0.25) is 0 Å². The summed E-state index contributed by atoms with van der Waals surface area (Å²) in [6.45, 7) is 2.51. The van der Waals surface area contributed by atoms with Gasteiger partial charge in [-0.1, -0.05) is 17.7 Å². The minimum absolute atomic E-state index is 0.103. The third-order valence-corrected chi connectivity index (χ3v) is 2.98. The molecule has 0 aromatic heterocycles. The predicted octanol–water partition coefficient (Wildman–Crippen LogP) is 2.65. The third-order valence-electron chi connectivity index (χ3n) is 2.74. The summed E-state index contributed by atoms with van der Waals surface area (Å²) >= 11 is 5.87. The van der Waals surface area contributed by atoms with Gasteiger partial charge < -0.3 is 9.64 Å². The molecule has 21 heavy (non-hydrogen) atoms. The number of hydrogen-bond donors (Lipinski definition) is 0. The molecule has 0 unspecified atom stereocenters. The van der Waals surface area contributed by atoms with Crippen molar-refractivity contribution >= 4 is 23.5 Å². The van der Waals surface area contributed by atoms with Crippen LogP contribution in [0.25, 0.3) is 0 Å². The van der Waals surface area contributed by atoms with Crippen LogP contribution >= 0.6 is 11.6 Å². The average molecular weight is 309 g/mol. The molecule has 0 radical (unpaired) electrons. The minimum Gasteiger partial charge on any atom is -0.466 e. The lowest BCUT2D eigenvalue weighted by Gasteiger charge is -2.21. The van der Waals surface area contributed by atoms with Gasteiger partial charge in [0, 0.05) is 23.7 Å². The number of rotatable bonds is 7. The Morgan fingerprint density at radius 3 is 2.76 bits per heavy atom. The SMILES string of the molecule is CCOC(=O)CCN(CCC#N)C(=O)c1cccc(Cl)c1. The van der Waals surface area contributed by atoms with Crippen LogP contribution in [-0.4, -0.2) is 36.5 Å². The number of amides is 1. The van der Waals surface area contributed by atoms with Crippen LogP contribution in [0.4, 0.5) is 0 Å². The predicted molar refractivity (Wildman–Crippen MR) is 78.8 cm³/mol. The van der Waals surface area contributed by atoms with Gasteiger partial charge in [-0.15, -0.1) is 0 Å². The Hall–Kier alpha value is -2.06. The lowest BCUT2D eigenvalue weighted by atomic mass is 10.2. The number of hydrogen-bond acceptors (Lipinski definition) is 4. The second-order valence-electron chi connectivity index (χ2n) is 4.27. The zero-order chi connectivity index (χ0) is 15.7. The van der Waals surface area contributed by atoms with E-state index in [-0.39, 0.29) is 37.8 Å². The molecule has 6 heteroatoms. The Morgan fingerprint density at radius 2 is 2.14 bits per heavy atom.